The molecule has 0 saturated carbocycles. The Kier molecular flexibility index (Phi) is 6.51. The third-order valence-electron chi connectivity index (χ3n) is 7.11. The van der Waals surface area contributed by atoms with Gasteiger partial charge in [0.25, 0.3) is 0 Å². The first-order chi connectivity index (χ1) is 17.3. The summed E-state index contributed by atoms with van der Waals surface area (Å²) >= 11 is 0. The maximum Gasteiger partial charge on any atom is 0.416 e. The molecule has 2 atom stereocenters. The van der Waals surface area contributed by atoms with Crippen LogP contribution in [0, 0.1) is 5.92 Å². The molecule has 2 aliphatic heterocycles. The predicted molar refractivity (Wildman–Crippen MR) is 133 cm³/mol. The Bertz CT molecular complexity index is 1230. The van der Waals surface area contributed by atoms with Gasteiger partial charge in [0.2, 0.25) is 5.91 Å². The van der Waals surface area contributed by atoms with E-state index in [2.05, 4.69) is 15.1 Å². The van der Waals surface area contributed by atoms with Gasteiger partial charge in [0, 0.05) is 31.9 Å². The van der Waals surface area contributed by atoms with Crippen molar-refractivity contribution in [2.45, 2.75) is 25.2 Å². The highest BCUT2D eigenvalue weighted by molar-refractivity contribution is 5.82. The van der Waals surface area contributed by atoms with Crippen LogP contribution in [0.1, 0.15) is 16.7 Å². The van der Waals surface area contributed by atoms with Crippen LogP contribution in [0.4, 0.5) is 24.5 Å². The van der Waals surface area contributed by atoms with Crippen LogP contribution in [0.15, 0.2) is 72.8 Å². The number of carbonyl (C=O) groups excluding carboxylic acids is 1. The number of fused-ring (bicyclic) bond motifs is 3. The maximum atomic E-state index is 13.5. The molecule has 3 aromatic carbocycles. The van der Waals surface area contributed by atoms with Crippen LogP contribution in [0.2, 0.25) is 0 Å². The molecule has 1 saturated heterocycles. The molecule has 1 N–H and O–H groups in total. The molecule has 1 fully saturated rings. The molecule has 5 nitrogen and oxygen atoms in total. The van der Waals surface area contributed by atoms with Crippen molar-refractivity contribution in [3.63, 3.8) is 0 Å². The van der Waals surface area contributed by atoms with Crippen molar-refractivity contribution in [3.8, 4) is 5.75 Å². The number of nitrogens with one attached hydrogen (secondary N) is 1. The fraction of sp³-hybridized carbons (Fsp3) is 0.321. The van der Waals surface area contributed by atoms with E-state index in [0.717, 1.165) is 28.8 Å². The Morgan fingerprint density at radius 2 is 1.75 bits per heavy atom. The summed E-state index contributed by atoms with van der Waals surface area (Å²) < 4.78 is 45.9. The predicted octanol–water partition coefficient (Wildman–Crippen LogP) is 4.90. The first-order valence-electron chi connectivity index (χ1n) is 12.0. The van der Waals surface area contributed by atoms with Gasteiger partial charge in [-0.2, -0.15) is 13.2 Å². The standard InChI is InChI=1S/C28H28F3N3O2/c1-36-26-10-6-5-9-24(26)33-13-14-34-23-12-11-21(28(29,30)31)15-20(23)16-22(25(34)18-33)27(35)32-17-19-7-3-2-4-8-19/h2-12,15,22,25H,13-14,16-18H2,1H3,(H,32,35)/t22-,25+/m1/s1. The van der Waals surface area contributed by atoms with E-state index < -0.39 is 17.7 Å². The molecule has 0 radical (unpaired) electrons. The molecule has 36 heavy (non-hydrogen) atoms. The highest BCUT2D eigenvalue weighted by Gasteiger charge is 2.43. The second-order valence-electron chi connectivity index (χ2n) is 9.23. The Morgan fingerprint density at radius 1 is 1.00 bits per heavy atom. The fourth-order valence-corrected chi connectivity index (χ4v) is 5.33. The van der Waals surface area contributed by atoms with Crippen molar-refractivity contribution >= 4 is 17.3 Å². The molecule has 5 rings (SSSR count). The minimum atomic E-state index is -4.43. The van der Waals surface area contributed by atoms with Crippen molar-refractivity contribution in [1.82, 2.24) is 5.32 Å². The Labute approximate surface area is 208 Å². The molecule has 0 aromatic heterocycles. The van der Waals surface area contributed by atoms with Crippen molar-refractivity contribution in [3.05, 3.63) is 89.5 Å². The van der Waals surface area contributed by atoms with E-state index in [1.54, 1.807) is 13.2 Å². The van der Waals surface area contributed by atoms with Crippen LogP contribution in [-0.2, 0) is 23.9 Å². The van der Waals surface area contributed by atoms with E-state index in [9.17, 15) is 18.0 Å². The average Bonchev–Trinajstić information content (AvgIpc) is 2.90. The smallest absolute Gasteiger partial charge is 0.416 e. The third kappa shape index (κ3) is 4.72. The number of ether oxygens (including phenoxy) is 1. The molecule has 0 unspecified atom stereocenters. The van der Waals surface area contributed by atoms with Crippen LogP contribution >= 0.6 is 0 Å². The van der Waals surface area contributed by atoms with Crippen LogP contribution in [0.5, 0.6) is 5.75 Å². The zero-order valence-electron chi connectivity index (χ0n) is 20.0. The monoisotopic (exact) mass is 495 g/mol. The van der Waals surface area contributed by atoms with E-state index >= 15 is 0 Å². The highest BCUT2D eigenvalue weighted by atomic mass is 19.4. The lowest BCUT2D eigenvalue weighted by molar-refractivity contribution is -0.137. The van der Waals surface area contributed by atoms with Gasteiger partial charge in [0.1, 0.15) is 5.75 Å². The number of hydrogen-bond donors (Lipinski definition) is 1. The largest absolute Gasteiger partial charge is 0.495 e. The number of halogens is 3. The number of nitrogens with zero attached hydrogens (tertiary/aromatic N) is 2. The molecule has 188 valence electrons. The van der Waals surface area contributed by atoms with Gasteiger partial charge >= 0.3 is 6.18 Å². The van der Waals surface area contributed by atoms with Crippen LogP contribution < -0.4 is 19.9 Å². The molecule has 2 aliphatic rings. The van der Waals surface area contributed by atoms with Crippen molar-refractivity contribution in [1.29, 1.82) is 0 Å². The van der Waals surface area contributed by atoms with E-state index in [1.165, 1.54) is 6.07 Å². The highest BCUT2D eigenvalue weighted by Crippen LogP contribution is 2.41. The number of amides is 1. The second kappa shape index (κ2) is 9.76. The van der Waals surface area contributed by atoms with Gasteiger partial charge in [-0.05, 0) is 47.9 Å². The van der Waals surface area contributed by atoms with Gasteiger partial charge in [0.05, 0.1) is 30.3 Å². The molecular formula is C28H28F3N3O2. The number of anilines is 2. The molecule has 2 heterocycles. The van der Waals surface area contributed by atoms with Crippen LogP contribution in [0.25, 0.3) is 0 Å². The summed E-state index contributed by atoms with van der Waals surface area (Å²) in [5.74, 6) is 0.100. The summed E-state index contributed by atoms with van der Waals surface area (Å²) in [6.45, 7) is 2.18. The summed E-state index contributed by atoms with van der Waals surface area (Å²) in [6, 6.07) is 21.1. The van der Waals surface area contributed by atoms with E-state index in [4.69, 9.17) is 4.74 Å². The summed E-state index contributed by atoms with van der Waals surface area (Å²) in [5.41, 5.74) is 2.57. The zero-order valence-corrected chi connectivity index (χ0v) is 20.0. The minimum absolute atomic E-state index is 0.154. The molecule has 0 spiro atoms. The number of piperazine rings is 1. The molecule has 0 bridgehead atoms. The Balaban J connectivity index is 1.46. The second-order valence-corrected chi connectivity index (χ2v) is 9.23. The SMILES string of the molecule is COc1ccccc1N1CCN2c3ccc(C(F)(F)F)cc3C[C@@H](C(=O)NCc3ccccc3)[C@@H]2C1. The summed E-state index contributed by atoms with van der Waals surface area (Å²) in [5, 5.41) is 3.02. The summed E-state index contributed by atoms with van der Waals surface area (Å²) in [7, 11) is 1.63. The molecule has 0 aliphatic carbocycles. The maximum absolute atomic E-state index is 13.5. The Morgan fingerprint density at radius 3 is 2.50 bits per heavy atom. The third-order valence-corrected chi connectivity index (χ3v) is 7.11. The van der Waals surface area contributed by atoms with Crippen molar-refractivity contribution < 1.29 is 22.7 Å². The molecule has 1 amide bonds. The fourth-order valence-electron chi connectivity index (χ4n) is 5.33. The van der Waals surface area contributed by atoms with E-state index in [0.29, 0.717) is 31.7 Å². The lowest BCUT2D eigenvalue weighted by Crippen LogP contribution is -2.61. The van der Waals surface area contributed by atoms with E-state index in [1.807, 2.05) is 54.6 Å². The van der Waals surface area contributed by atoms with Gasteiger partial charge in [-0.3, -0.25) is 4.79 Å². The first kappa shape index (κ1) is 24.0. The molecule has 3 aromatic rings. The van der Waals surface area contributed by atoms with Gasteiger partial charge in [-0.25, -0.2) is 0 Å². The topological polar surface area (TPSA) is 44.8 Å². The summed E-state index contributed by atoms with van der Waals surface area (Å²) in [6.07, 6.45) is -4.18. The van der Waals surface area contributed by atoms with E-state index in [-0.39, 0.29) is 18.4 Å². The van der Waals surface area contributed by atoms with Crippen molar-refractivity contribution in [2.24, 2.45) is 5.92 Å². The number of benzene rings is 3. The van der Waals surface area contributed by atoms with Crippen LogP contribution in [0.3, 0.4) is 0 Å². The van der Waals surface area contributed by atoms with Gasteiger partial charge in [0.15, 0.2) is 0 Å². The summed E-state index contributed by atoms with van der Waals surface area (Å²) in [4.78, 5) is 17.8. The Hall–Kier alpha value is -3.68. The molecule has 8 heteroatoms. The first-order valence-corrected chi connectivity index (χ1v) is 12.0. The lowest BCUT2D eigenvalue weighted by Gasteiger charge is -2.49. The average molecular weight is 496 g/mol. The van der Waals surface area contributed by atoms with Gasteiger partial charge in [-0.1, -0.05) is 42.5 Å². The quantitative estimate of drug-likeness (QED) is 0.547. The number of alkyl halides is 3. The number of hydrogen-bond acceptors (Lipinski definition) is 4. The normalized spacial score (nSPS) is 19.3. The number of carbonyl (C=O) groups is 1. The van der Waals surface area contributed by atoms with Gasteiger partial charge < -0.3 is 19.9 Å². The number of para-hydroxylation sites is 2. The zero-order chi connectivity index (χ0) is 25.3. The molecular weight excluding hydrogens is 467 g/mol. The lowest BCUT2D eigenvalue weighted by atomic mass is 9.82. The number of methoxy groups -OCH3 is 1. The van der Waals surface area contributed by atoms with Crippen LogP contribution in [-0.4, -0.2) is 38.7 Å². The number of rotatable bonds is 5. The van der Waals surface area contributed by atoms with Gasteiger partial charge in [-0.15, -0.1) is 0 Å². The van der Waals surface area contributed by atoms with Crippen molar-refractivity contribution in [2.75, 3.05) is 36.5 Å². The minimum Gasteiger partial charge on any atom is -0.495 e.